The molecule has 1 aromatic carbocycles. The van der Waals surface area contributed by atoms with Crippen LogP contribution in [0.3, 0.4) is 0 Å². The van der Waals surface area contributed by atoms with Gasteiger partial charge in [0.25, 0.3) is 0 Å². The van der Waals surface area contributed by atoms with Gasteiger partial charge in [0.1, 0.15) is 0 Å². The second-order valence-electron chi connectivity index (χ2n) is 4.63. The predicted octanol–water partition coefficient (Wildman–Crippen LogP) is 2.90. The Morgan fingerprint density at radius 3 is 2.60 bits per heavy atom. The summed E-state index contributed by atoms with van der Waals surface area (Å²) < 4.78 is 0. The van der Waals surface area contributed by atoms with E-state index in [-0.39, 0.29) is 5.54 Å². The highest BCUT2D eigenvalue weighted by Crippen LogP contribution is 2.36. The van der Waals surface area contributed by atoms with E-state index in [4.69, 9.17) is 5.73 Å². The number of aromatic nitrogens is 1. The number of aromatic amines is 1. The molecule has 3 rings (SSSR count). The quantitative estimate of drug-likeness (QED) is 0.730. The first-order valence-corrected chi connectivity index (χ1v) is 5.65. The molecule has 2 nitrogen and oxygen atoms in total. The Hall–Kier alpha value is -1.28. The number of nitrogens with one attached hydrogen (secondary N) is 1. The van der Waals surface area contributed by atoms with E-state index >= 15 is 0 Å². The minimum absolute atomic E-state index is 0.0982. The Balaban J connectivity index is 2.11. The molecule has 2 heteroatoms. The van der Waals surface area contributed by atoms with Gasteiger partial charge in [-0.15, -0.1) is 0 Å². The zero-order valence-corrected chi connectivity index (χ0v) is 8.79. The monoisotopic (exact) mass is 200 g/mol. The van der Waals surface area contributed by atoms with Gasteiger partial charge in [-0.25, -0.2) is 0 Å². The maximum absolute atomic E-state index is 6.41. The molecule has 1 heterocycles. The number of H-pyrrole nitrogens is 1. The average molecular weight is 200 g/mol. The van der Waals surface area contributed by atoms with Gasteiger partial charge in [0.2, 0.25) is 0 Å². The Morgan fingerprint density at radius 2 is 1.87 bits per heavy atom. The fourth-order valence-corrected chi connectivity index (χ4v) is 2.62. The Kier molecular flexibility index (Phi) is 1.86. The molecule has 0 saturated heterocycles. The highest BCUT2D eigenvalue weighted by Gasteiger charge is 2.32. The molecule has 0 spiro atoms. The SMILES string of the molecule is NC1(c2cc3ccccc3[nH]2)CCCC1. The van der Waals surface area contributed by atoms with Crippen molar-refractivity contribution < 1.29 is 0 Å². The van der Waals surface area contributed by atoms with Crippen molar-refractivity contribution in [2.75, 3.05) is 0 Å². The van der Waals surface area contributed by atoms with Crippen LogP contribution in [0.4, 0.5) is 0 Å². The normalized spacial score (nSPS) is 19.8. The molecule has 1 fully saturated rings. The van der Waals surface area contributed by atoms with Gasteiger partial charge in [-0.3, -0.25) is 0 Å². The molecule has 0 aliphatic heterocycles. The van der Waals surface area contributed by atoms with E-state index in [9.17, 15) is 0 Å². The lowest BCUT2D eigenvalue weighted by atomic mass is 9.95. The summed E-state index contributed by atoms with van der Waals surface area (Å²) in [6.45, 7) is 0. The number of benzene rings is 1. The van der Waals surface area contributed by atoms with E-state index in [0.717, 1.165) is 12.8 Å². The first-order valence-electron chi connectivity index (χ1n) is 5.65. The summed E-state index contributed by atoms with van der Waals surface area (Å²) in [5.41, 5.74) is 8.72. The van der Waals surface area contributed by atoms with Gasteiger partial charge in [0, 0.05) is 11.2 Å². The molecule has 15 heavy (non-hydrogen) atoms. The molecule has 78 valence electrons. The van der Waals surface area contributed by atoms with E-state index in [2.05, 4.69) is 35.3 Å². The highest BCUT2D eigenvalue weighted by atomic mass is 14.9. The van der Waals surface area contributed by atoms with Crippen molar-refractivity contribution in [1.29, 1.82) is 0 Å². The third-order valence-corrected chi connectivity index (χ3v) is 3.56. The highest BCUT2D eigenvalue weighted by molar-refractivity contribution is 5.80. The second kappa shape index (κ2) is 3.11. The fourth-order valence-electron chi connectivity index (χ4n) is 2.62. The Labute approximate surface area is 89.5 Å². The van der Waals surface area contributed by atoms with E-state index in [1.165, 1.54) is 29.4 Å². The van der Waals surface area contributed by atoms with Crippen molar-refractivity contribution in [3.05, 3.63) is 36.0 Å². The summed E-state index contributed by atoms with van der Waals surface area (Å²) in [7, 11) is 0. The molecule has 1 aliphatic rings. The zero-order valence-electron chi connectivity index (χ0n) is 8.79. The van der Waals surface area contributed by atoms with Crippen LogP contribution in [0.15, 0.2) is 30.3 Å². The van der Waals surface area contributed by atoms with Gasteiger partial charge >= 0.3 is 0 Å². The average Bonchev–Trinajstić information content (AvgIpc) is 2.84. The van der Waals surface area contributed by atoms with Gasteiger partial charge in [-0.1, -0.05) is 31.0 Å². The number of para-hydroxylation sites is 1. The second-order valence-corrected chi connectivity index (χ2v) is 4.63. The maximum Gasteiger partial charge on any atom is 0.0561 e. The molecule has 1 aliphatic carbocycles. The van der Waals surface area contributed by atoms with Crippen molar-refractivity contribution in [2.24, 2.45) is 5.73 Å². The third-order valence-electron chi connectivity index (χ3n) is 3.56. The van der Waals surface area contributed by atoms with Crippen LogP contribution >= 0.6 is 0 Å². The summed E-state index contributed by atoms with van der Waals surface area (Å²) in [5.74, 6) is 0. The molecular weight excluding hydrogens is 184 g/mol. The van der Waals surface area contributed by atoms with Crippen LogP contribution in [0.2, 0.25) is 0 Å². The summed E-state index contributed by atoms with van der Waals surface area (Å²) in [6, 6.07) is 10.6. The summed E-state index contributed by atoms with van der Waals surface area (Å²) >= 11 is 0. The Bertz CT molecular complexity index is 445. The maximum atomic E-state index is 6.41. The molecule has 1 aromatic heterocycles. The molecule has 0 atom stereocenters. The third kappa shape index (κ3) is 1.37. The molecule has 0 amide bonds. The fraction of sp³-hybridized carbons (Fsp3) is 0.385. The van der Waals surface area contributed by atoms with Gasteiger partial charge in [0.15, 0.2) is 0 Å². The van der Waals surface area contributed by atoms with Crippen LogP contribution in [-0.2, 0) is 5.54 Å². The minimum Gasteiger partial charge on any atom is -0.357 e. The van der Waals surface area contributed by atoms with Gasteiger partial charge in [-0.2, -0.15) is 0 Å². The van der Waals surface area contributed by atoms with Crippen LogP contribution in [0, 0.1) is 0 Å². The van der Waals surface area contributed by atoms with Gasteiger partial charge < -0.3 is 10.7 Å². The number of hydrogen-bond donors (Lipinski definition) is 2. The van der Waals surface area contributed by atoms with Crippen molar-refractivity contribution in [3.63, 3.8) is 0 Å². The number of nitrogens with two attached hydrogens (primary N) is 1. The molecule has 0 unspecified atom stereocenters. The van der Waals surface area contributed by atoms with Crippen LogP contribution in [0.5, 0.6) is 0 Å². The smallest absolute Gasteiger partial charge is 0.0561 e. The van der Waals surface area contributed by atoms with E-state index in [0.29, 0.717) is 0 Å². The first kappa shape index (κ1) is 8.98. The standard InChI is InChI=1S/C13H16N2/c14-13(7-3-4-8-13)12-9-10-5-1-2-6-11(10)15-12/h1-2,5-6,9,15H,3-4,7-8,14H2. The molecule has 0 radical (unpaired) electrons. The molecule has 1 saturated carbocycles. The molecule has 2 aromatic rings. The zero-order chi connectivity index (χ0) is 10.3. The summed E-state index contributed by atoms with van der Waals surface area (Å²) in [4.78, 5) is 3.45. The summed E-state index contributed by atoms with van der Waals surface area (Å²) in [6.07, 6.45) is 4.73. The Morgan fingerprint density at radius 1 is 1.13 bits per heavy atom. The molecule has 0 bridgehead atoms. The summed E-state index contributed by atoms with van der Waals surface area (Å²) in [5, 5.41) is 1.27. The number of fused-ring (bicyclic) bond motifs is 1. The number of rotatable bonds is 1. The van der Waals surface area contributed by atoms with Crippen molar-refractivity contribution in [2.45, 2.75) is 31.2 Å². The molecular formula is C13H16N2. The van der Waals surface area contributed by atoms with Gasteiger partial charge in [0.05, 0.1) is 5.54 Å². The largest absolute Gasteiger partial charge is 0.357 e. The van der Waals surface area contributed by atoms with E-state index < -0.39 is 0 Å². The molecule has 3 N–H and O–H groups in total. The van der Waals surface area contributed by atoms with Crippen LogP contribution < -0.4 is 5.73 Å². The number of hydrogen-bond acceptors (Lipinski definition) is 1. The van der Waals surface area contributed by atoms with E-state index in [1.54, 1.807) is 0 Å². The minimum atomic E-state index is -0.0982. The first-order chi connectivity index (χ1) is 7.28. The van der Waals surface area contributed by atoms with Crippen LogP contribution in [-0.4, -0.2) is 4.98 Å². The lowest BCUT2D eigenvalue weighted by molar-refractivity contribution is 0.450. The van der Waals surface area contributed by atoms with Crippen LogP contribution in [0.25, 0.3) is 10.9 Å². The van der Waals surface area contributed by atoms with Gasteiger partial charge in [-0.05, 0) is 30.4 Å². The topological polar surface area (TPSA) is 41.8 Å². The predicted molar refractivity (Wildman–Crippen MR) is 62.6 cm³/mol. The van der Waals surface area contributed by atoms with Crippen molar-refractivity contribution in [1.82, 2.24) is 4.98 Å². The lowest BCUT2D eigenvalue weighted by Crippen LogP contribution is -2.33. The van der Waals surface area contributed by atoms with E-state index in [1.807, 2.05) is 0 Å². The van der Waals surface area contributed by atoms with Crippen molar-refractivity contribution in [3.8, 4) is 0 Å². The van der Waals surface area contributed by atoms with Crippen molar-refractivity contribution >= 4 is 10.9 Å². The van der Waals surface area contributed by atoms with Crippen LogP contribution in [0.1, 0.15) is 31.4 Å². The lowest BCUT2D eigenvalue weighted by Gasteiger charge is -2.21.